The largest absolute Gasteiger partial charge is 0.368 e. The zero-order chi connectivity index (χ0) is 15.1. The van der Waals surface area contributed by atoms with Crippen LogP contribution in [0.3, 0.4) is 0 Å². The minimum absolute atomic E-state index is 0.711. The lowest BCUT2D eigenvalue weighted by molar-refractivity contribution is 0.213. The lowest BCUT2D eigenvalue weighted by Crippen LogP contribution is -2.44. The van der Waals surface area contributed by atoms with E-state index in [1.54, 1.807) is 0 Å². The Morgan fingerprint density at radius 3 is 2.68 bits per heavy atom. The molecule has 0 atom stereocenters. The molecule has 22 heavy (non-hydrogen) atoms. The van der Waals surface area contributed by atoms with Gasteiger partial charge in [-0.05, 0) is 57.8 Å². The van der Waals surface area contributed by atoms with Gasteiger partial charge in [0.1, 0.15) is 0 Å². The predicted octanol–water partition coefficient (Wildman–Crippen LogP) is 3.47. The minimum Gasteiger partial charge on any atom is -0.368 e. The van der Waals surface area contributed by atoms with Crippen molar-refractivity contribution in [2.75, 3.05) is 25.5 Å². The Balaban J connectivity index is 1.64. The smallest absolute Gasteiger partial charge is 0.0452 e. The molecule has 0 saturated heterocycles. The first-order valence-corrected chi connectivity index (χ1v) is 8.52. The second-order valence-corrected chi connectivity index (χ2v) is 7.04. The summed E-state index contributed by atoms with van der Waals surface area (Å²) >= 11 is 0. The maximum absolute atomic E-state index is 4.40. The van der Waals surface area contributed by atoms with E-state index in [1.165, 1.54) is 47.7 Å². The average molecular weight is 295 g/mol. The van der Waals surface area contributed by atoms with Crippen LogP contribution >= 0.6 is 0 Å². The highest BCUT2D eigenvalue weighted by Gasteiger charge is 2.29. The molecule has 1 aliphatic carbocycles. The van der Waals surface area contributed by atoms with E-state index in [4.69, 9.17) is 0 Å². The molecule has 1 aromatic heterocycles. The SMILES string of the molecule is CN(C)C1CCC(N2CCc3cncc4cccc2c34)CC1. The molecule has 0 radical (unpaired) electrons. The third-order valence-electron chi connectivity index (χ3n) is 5.61. The van der Waals surface area contributed by atoms with Crippen molar-refractivity contribution in [3.05, 3.63) is 36.2 Å². The van der Waals surface area contributed by atoms with Crippen LogP contribution < -0.4 is 4.90 Å². The van der Waals surface area contributed by atoms with Crippen LogP contribution in [0.5, 0.6) is 0 Å². The van der Waals surface area contributed by atoms with E-state index in [1.807, 2.05) is 6.20 Å². The Morgan fingerprint density at radius 1 is 1.09 bits per heavy atom. The summed E-state index contributed by atoms with van der Waals surface area (Å²) in [7, 11) is 4.44. The highest BCUT2D eigenvalue weighted by Crippen LogP contribution is 2.37. The topological polar surface area (TPSA) is 19.4 Å². The van der Waals surface area contributed by atoms with Crippen LogP contribution in [0.1, 0.15) is 31.2 Å². The lowest BCUT2D eigenvalue weighted by atomic mass is 9.87. The van der Waals surface area contributed by atoms with Crippen LogP contribution in [0.2, 0.25) is 0 Å². The fraction of sp³-hybridized carbons (Fsp3) is 0.526. The molecule has 3 heteroatoms. The first-order valence-electron chi connectivity index (χ1n) is 8.52. The summed E-state index contributed by atoms with van der Waals surface area (Å²) in [5, 5.41) is 2.74. The van der Waals surface area contributed by atoms with Crippen molar-refractivity contribution >= 4 is 16.5 Å². The Kier molecular flexibility index (Phi) is 3.53. The number of pyridine rings is 1. The summed E-state index contributed by atoms with van der Waals surface area (Å²) < 4.78 is 0. The van der Waals surface area contributed by atoms with Crippen LogP contribution in [0, 0.1) is 0 Å². The number of rotatable bonds is 2. The molecule has 1 aliphatic heterocycles. The standard InChI is InChI=1S/C19H25N3/c1-21(2)16-6-8-17(9-7-16)22-11-10-15-13-20-12-14-4-3-5-18(22)19(14)15/h3-5,12-13,16-17H,6-11H2,1-2H3. The second-order valence-electron chi connectivity index (χ2n) is 7.04. The monoisotopic (exact) mass is 295 g/mol. The second kappa shape index (κ2) is 5.54. The summed E-state index contributed by atoms with van der Waals surface area (Å²) in [5.74, 6) is 0. The van der Waals surface area contributed by atoms with Crippen molar-refractivity contribution in [2.24, 2.45) is 0 Å². The number of anilines is 1. The molecule has 2 aliphatic rings. The van der Waals surface area contributed by atoms with Crippen molar-refractivity contribution < 1.29 is 0 Å². The van der Waals surface area contributed by atoms with Crippen molar-refractivity contribution in [1.29, 1.82) is 0 Å². The normalized spacial score (nSPS) is 25.0. The summed E-state index contributed by atoms with van der Waals surface area (Å²) in [4.78, 5) is 9.48. The maximum Gasteiger partial charge on any atom is 0.0452 e. The summed E-state index contributed by atoms with van der Waals surface area (Å²) in [6, 6.07) is 8.17. The first kappa shape index (κ1) is 14.0. The van der Waals surface area contributed by atoms with Crippen molar-refractivity contribution in [3.63, 3.8) is 0 Å². The van der Waals surface area contributed by atoms with Crippen LogP contribution in [-0.4, -0.2) is 42.6 Å². The molecule has 0 bridgehead atoms. The Labute approximate surface area is 132 Å². The third kappa shape index (κ3) is 2.28. The number of benzene rings is 1. The Hall–Kier alpha value is -1.61. The molecule has 116 valence electrons. The van der Waals surface area contributed by atoms with Gasteiger partial charge in [-0.3, -0.25) is 4.98 Å². The van der Waals surface area contributed by atoms with Gasteiger partial charge in [0.25, 0.3) is 0 Å². The molecular weight excluding hydrogens is 270 g/mol. The van der Waals surface area contributed by atoms with E-state index < -0.39 is 0 Å². The predicted molar refractivity (Wildman–Crippen MR) is 92.5 cm³/mol. The highest BCUT2D eigenvalue weighted by molar-refractivity contribution is 5.97. The van der Waals surface area contributed by atoms with Crippen molar-refractivity contribution in [2.45, 2.75) is 44.2 Å². The molecule has 0 amide bonds. The van der Waals surface area contributed by atoms with Crippen LogP contribution in [-0.2, 0) is 6.42 Å². The van der Waals surface area contributed by atoms with Gasteiger partial charge >= 0.3 is 0 Å². The molecule has 2 aromatic rings. The van der Waals surface area contributed by atoms with Gasteiger partial charge in [-0.25, -0.2) is 0 Å². The molecule has 0 N–H and O–H groups in total. The van der Waals surface area contributed by atoms with E-state index >= 15 is 0 Å². The molecule has 0 unspecified atom stereocenters. The quantitative estimate of drug-likeness (QED) is 0.845. The van der Waals surface area contributed by atoms with Crippen molar-refractivity contribution in [1.82, 2.24) is 9.88 Å². The molecule has 1 fully saturated rings. The molecule has 2 heterocycles. The Bertz CT molecular complexity index is 666. The first-order chi connectivity index (χ1) is 10.7. The summed E-state index contributed by atoms with van der Waals surface area (Å²) in [6.07, 6.45) is 10.5. The molecule has 4 rings (SSSR count). The van der Waals surface area contributed by atoms with Gasteiger partial charge in [0.15, 0.2) is 0 Å². The zero-order valence-electron chi connectivity index (χ0n) is 13.6. The van der Waals surface area contributed by atoms with Gasteiger partial charge in [-0.1, -0.05) is 12.1 Å². The maximum atomic E-state index is 4.40. The molecule has 0 spiro atoms. The molecule has 1 aromatic carbocycles. The van der Waals surface area contributed by atoms with E-state index in [2.05, 4.69) is 53.3 Å². The van der Waals surface area contributed by atoms with Gasteiger partial charge in [0.05, 0.1) is 0 Å². The summed E-state index contributed by atoms with van der Waals surface area (Å²) in [5.41, 5.74) is 2.86. The van der Waals surface area contributed by atoms with Gasteiger partial charge in [-0.15, -0.1) is 0 Å². The lowest BCUT2D eigenvalue weighted by Gasteiger charge is -2.42. The third-order valence-corrected chi connectivity index (χ3v) is 5.61. The van der Waals surface area contributed by atoms with Crippen LogP contribution in [0.4, 0.5) is 5.69 Å². The molecular formula is C19H25N3. The van der Waals surface area contributed by atoms with E-state index in [-0.39, 0.29) is 0 Å². The zero-order valence-corrected chi connectivity index (χ0v) is 13.6. The van der Waals surface area contributed by atoms with Crippen LogP contribution in [0.25, 0.3) is 10.8 Å². The minimum atomic E-state index is 0.711. The van der Waals surface area contributed by atoms with Gasteiger partial charge in [-0.2, -0.15) is 0 Å². The van der Waals surface area contributed by atoms with Crippen molar-refractivity contribution in [3.8, 4) is 0 Å². The fourth-order valence-corrected chi connectivity index (χ4v) is 4.34. The molecule has 3 nitrogen and oxygen atoms in total. The van der Waals surface area contributed by atoms with Gasteiger partial charge in [0, 0.05) is 47.5 Å². The van der Waals surface area contributed by atoms with E-state index in [0.717, 1.165) is 19.0 Å². The number of nitrogens with zero attached hydrogens (tertiary/aromatic N) is 3. The van der Waals surface area contributed by atoms with E-state index in [9.17, 15) is 0 Å². The van der Waals surface area contributed by atoms with E-state index in [0.29, 0.717) is 6.04 Å². The van der Waals surface area contributed by atoms with Gasteiger partial charge < -0.3 is 9.80 Å². The fourth-order valence-electron chi connectivity index (χ4n) is 4.34. The number of hydrogen-bond donors (Lipinski definition) is 0. The molecule has 1 saturated carbocycles. The van der Waals surface area contributed by atoms with Crippen LogP contribution in [0.15, 0.2) is 30.6 Å². The highest BCUT2D eigenvalue weighted by atomic mass is 15.2. The average Bonchev–Trinajstić information content (AvgIpc) is 2.56. The van der Waals surface area contributed by atoms with Gasteiger partial charge in [0.2, 0.25) is 0 Å². The number of hydrogen-bond acceptors (Lipinski definition) is 3. The Morgan fingerprint density at radius 2 is 1.91 bits per heavy atom. The summed E-state index contributed by atoms with van der Waals surface area (Å²) in [6.45, 7) is 1.15. The number of aromatic nitrogens is 1.